The molecule has 0 aliphatic carbocycles. The summed E-state index contributed by atoms with van der Waals surface area (Å²) in [6.45, 7) is 6.38. The fraction of sp³-hybridized carbons (Fsp3) is 0.857. The van der Waals surface area contributed by atoms with Gasteiger partial charge in [-0.2, -0.15) is 0 Å². The Balaban J connectivity index is 1.70. The van der Waals surface area contributed by atoms with Crippen molar-refractivity contribution >= 4 is 12.0 Å². The van der Waals surface area contributed by atoms with Crippen molar-refractivity contribution in [2.24, 2.45) is 11.8 Å². The third-order valence-corrected chi connectivity index (χ3v) is 4.32. The first-order chi connectivity index (χ1) is 9.47. The highest BCUT2D eigenvalue weighted by atomic mass is 16.5. The van der Waals surface area contributed by atoms with Gasteiger partial charge in [0.05, 0.1) is 6.10 Å². The van der Waals surface area contributed by atoms with Crippen molar-refractivity contribution in [2.45, 2.75) is 45.3 Å². The second-order valence-electron chi connectivity index (χ2n) is 6.09. The summed E-state index contributed by atoms with van der Waals surface area (Å²) in [5, 5.41) is 11.7. The van der Waals surface area contributed by atoms with Crippen LogP contribution in [0.2, 0.25) is 0 Å². The molecule has 0 radical (unpaired) electrons. The van der Waals surface area contributed by atoms with Crippen LogP contribution < -0.4 is 5.32 Å². The lowest BCUT2D eigenvalue weighted by atomic mass is 9.95. The van der Waals surface area contributed by atoms with Crippen molar-refractivity contribution < 1.29 is 19.4 Å². The lowest BCUT2D eigenvalue weighted by Crippen LogP contribution is -2.42. The maximum absolute atomic E-state index is 12.0. The van der Waals surface area contributed by atoms with Crippen LogP contribution in [0.1, 0.15) is 33.1 Å². The van der Waals surface area contributed by atoms with E-state index in [0.29, 0.717) is 31.2 Å². The minimum Gasteiger partial charge on any atom is -0.479 e. The van der Waals surface area contributed by atoms with Crippen molar-refractivity contribution in [2.75, 3.05) is 19.6 Å². The Hall–Kier alpha value is -1.30. The molecule has 0 saturated carbocycles. The van der Waals surface area contributed by atoms with Crippen molar-refractivity contribution in [1.82, 2.24) is 10.2 Å². The molecule has 3 unspecified atom stereocenters. The summed E-state index contributed by atoms with van der Waals surface area (Å²) in [4.78, 5) is 24.6. The number of nitrogens with one attached hydrogen (secondary N) is 1. The molecule has 6 heteroatoms. The highest BCUT2D eigenvalue weighted by Gasteiger charge is 2.32. The molecule has 2 aliphatic rings. The van der Waals surface area contributed by atoms with E-state index < -0.39 is 12.1 Å². The summed E-state index contributed by atoms with van der Waals surface area (Å²) in [5.41, 5.74) is 0. The quantitative estimate of drug-likeness (QED) is 0.815. The van der Waals surface area contributed by atoms with Crippen LogP contribution in [0.3, 0.4) is 0 Å². The number of carboxylic acid groups (broad SMARTS) is 1. The highest BCUT2D eigenvalue weighted by molar-refractivity contribution is 5.74. The van der Waals surface area contributed by atoms with Gasteiger partial charge in [0.2, 0.25) is 0 Å². The van der Waals surface area contributed by atoms with Gasteiger partial charge in [-0.1, -0.05) is 13.8 Å². The Kier molecular flexibility index (Phi) is 4.86. The maximum atomic E-state index is 12.0. The van der Waals surface area contributed by atoms with Crippen LogP contribution in [-0.4, -0.2) is 53.8 Å². The molecule has 0 aromatic rings. The van der Waals surface area contributed by atoms with Gasteiger partial charge in [0, 0.05) is 19.6 Å². The number of nitrogens with zero attached hydrogens (tertiary/aromatic N) is 1. The summed E-state index contributed by atoms with van der Waals surface area (Å²) in [7, 11) is 0. The van der Waals surface area contributed by atoms with Gasteiger partial charge in [0.25, 0.3) is 0 Å². The van der Waals surface area contributed by atoms with Crippen LogP contribution in [0, 0.1) is 11.8 Å². The second-order valence-corrected chi connectivity index (χ2v) is 6.09. The topological polar surface area (TPSA) is 78.9 Å². The molecule has 2 aliphatic heterocycles. The molecule has 20 heavy (non-hydrogen) atoms. The molecule has 0 bridgehead atoms. The van der Waals surface area contributed by atoms with E-state index in [-0.39, 0.29) is 12.1 Å². The van der Waals surface area contributed by atoms with E-state index in [1.165, 1.54) is 0 Å². The molecule has 114 valence electrons. The van der Waals surface area contributed by atoms with Crippen LogP contribution in [0.5, 0.6) is 0 Å². The number of ether oxygens (including phenoxy) is 1. The van der Waals surface area contributed by atoms with Crippen LogP contribution in [-0.2, 0) is 9.53 Å². The van der Waals surface area contributed by atoms with Gasteiger partial charge >= 0.3 is 12.0 Å². The Morgan fingerprint density at radius 1 is 1.35 bits per heavy atom. The number of rotatable bonds is 4. The number of aliphatic carboxylic acids is 1. The van der Waals surface area contributed by atoms with Crippen molar-refractivity contribution in [3.8, 4) is 0 Å². The first-order valence-electron chi connectivity index (χ1n) is 7.38. The van der Waals surface area contributed by atoms with E-state index in [1.807, 2.05) is 4.90 Å². The maximum Gasteiger partial charge on any atom is 0.332 e. The monoisotopic (exact) mass is 284 g/mol. The average Bonchev–Trinajstić information content (AvgIpc) is 3.05. The molecule has 0 aromatic heterocycles. The Morgan fingerprint density at radius 2 is 2.10 bits per heavy atom. The number of amides is 2. The van der Waals surface area contributed by atoms with E-state index in [4.69, 9.17) is 9.84 Å². The molecule has 0 spiro atoms. The molecule has 2 amide bonds. The average molecular weight is 284 g/mol. The van der Waals surface area contributed by atoms with E-state index in [9.17, 15) is 9.59 Å². The van der Waals surface area contributed by atoms with Gasteiger partial charge in [-0.25, -0.2) is 9.59 Å². The Bertz CT molecular complexity index is 372. The Morgan fingerprint density at radius 3 is 2.65 bits per heavy atom. The van der Waals surface area contributed by atoms with Gasteiger partial charge in [0.15, 0.2) is 6.10 Å². The van der Waals surface area contributed by atoms with Gasteiger partial charge in [-0.05, 0) is 31.1 Å². The van der Waals surface area contributed by atoms with Crippen molar-refractivity contribution in [3.05, 3.63) is 0 Å². The summed E-state index contributed by atoms with van der Waals surface area (Å²) in [6, 6.07) is -0.0597. The van der Waals surface area contributed by atoms with E-state index >= 15 is 0 Å². The van der Waals surface area contributed by atoms with Crippen LogP contribution in [0.4, 0.5) is 4.79 Å². The molecular weight excluding hydrogens is 260 g/mol. The van der Waals surface area contributed by atoms with Crippen LogP contribution in [0.15, 0.2) is 0 Å². The van der Waals surface area contributed by atoms with Gasteiger partial charge in [-0.3, -0.25) is 0 Å². The van der Waals surface area contributed by atoms with Gasteiger partial charge in [-0.15, -0.1) is 0 Å². The third kappa shape index (κ3) is 3.62. The SMILES string of the molecule is CC(C)C1CCN(C(=O)NCC2CCC(C(=O)O)O2)C1. The predicted molar refractivity (Wildman–Crippen MR) is 73.4 cm³/mol. The molecular formula is C14H24N2O4. The number of hydrogen-bond acceptors (Lipinski definition) is 3. The zero-order valence-electron chi connectivity index (χ0n) is 12.2. The highest BCUT2D eigenvalue weighted by Crippen LogP contribution is 2.23. The van der Waals surface area contributed by atoms with Crippen molar-refractivity contribution in [3.63, 3.8) is 0 Å². The zero-order chi connectivity index (χ0) is 14.7. The number of carbonyl (C=O) groups is 2. The van der Waals surface area contributed by atoms with Crippen LogP contribution in [0.25, 0.3) is 0 Å². The van der Waals surface area contributed by atoms with E-state index in [2.05, 4.69) is 19.2 Å². The first kappa shape index (κ1) is 15.1. The van der Waals surface area contributed by atoms with Gasteiger partial charge in [0.1, 0.15) is 0 Å². The summed E-state index contributed by atoms with van der Waals surface area (Å²) >= 11 is 0. The fourth-order valence-corrected chi connectivity index (χ4v) is 2.87. The molecule has 2 rings (SSSR count). The molecule has 6 nitrogen and oxygen atoms in total. The summed E-state index contributed by atoms with van der Waals surface area (Å²) in [5.74, 6) is 0.264. The molecule has 3 atom stereocenters. The molecule has 0 aromatic carbocycles. The second kappa shape index (κ2) is 6.43. The largest absolute Gasteiger partial charge is 0.479 e. The molecule has 2 N–H and O–H groups in total. The summed E-state index contributed by atoms with van der Waals surface area (Å²) < 4.78 is 5.36. The normalized spacial score (nSPS) is 29.9. The van der Waals surface area contributed by atoms with E-state index in [0.717, 1.165) is 19.5 Å². The van der Waals surface area contributed by atoms with Crippen LogP contribution >= 0.6 is 0 Å². The number of urea groups is 1. The minimum absolute atomic E-state index is 0.0597. The zero-order valence-corrected chi connectivity index (χ0v) is 12.2. The Labute approximate surface area is 119 Å². The smallest absolute Gasteiger partial charge is 0.332 e. The standard InChI is InChI=1S/C14H24N2O4/c1-9(2)10-5-6-16(8-10)14(19)15-7-11-3-4-12(20-11)13(17)18/h9-12H,3-8H2,1-2H3,(H,15,19)(H,17,18). The molecule has 2 saturated heterocycles. The third-order valence-electron chi connectivity index (χ3n) is 4.32. The number of carboxylic acids is 1. The van der Waals surface area contributed by atoms with Gasteiger partial charge < -0.3 is 20.1 Å². The summed E-state index contributed by atoms with van der Waals surface area (Å²) in [6.07, 6.45) is 1.38. The molecule has 2 heterocycles. The number of carbonyl (C=O) groups excluding carboxylic acids is 1. The minimum atomic E-state index is -0.918. The number of likely N-dealkylation sites (tertiary alicyclic amines) is 1. The van der Waals surface area contributed by atoms with E-state index in [1.54, 1.807) is 0 Å². The lowest BCUT2D eigenvalue weighted by molar-refractivity contribution is -0.149. The lowest BCUT2D eigenvalue weighted by Gasteiger charge is -2.20. The predicted octanol–water partition coefficient (Wildman–Crippen LogP) is 1.31. The van der Waals surface area contributed by atoms with Crippen molar-refractivity contribution in [1.29, 1.82) is 0 Å². The number of hydrogen-bond donors (Lipinski definition) is 2. The molecule has 2 fully saturated rings. The fourth-order valence-electron chi connectivity index (χ4n) is 2.87. The first-order valence-corrected chi connectivity index (χ1v) is 7.38.